The van der Waals surface area contributed by atoms with E-state index in [4.69, 9.17) is 4.74 Å². The molecule has 1 N–H and O–H groups in total. The molecule has 5 nitrogen and oxygen atoms in total. The van der Waals surface area contributed by atoms with Crippen molar-refractivity contribution in [3.8, 4) is 17.0 Å². The van der Waals surface area contributed by atoms with Crippen LogP contribution in [-0.2, 0) is 0 Å². The summed E-state index contributed by atoms with van der Waals surface area (Å²) < 4.78 is 5.21. The van der Waals surface area contributed by atoms with E-state index in [1.807, 2.05) is 13.1 Å². The molecule has 5 heteroatoms. The summed E-state index contributed by atoms with van der Waals surface area (Å²) in [6.45, 7) is 4.24. The monoisotopic (exact) mass is 258 g/mol. The van der Waals surface area contributed by atoms with E-state index in [0.717, 1.165) is 28.4 Å². The van der Waals surface area contributed by atoms with Gasteiger partial charge in [-0.25, -0.2) is 9.97 Å². The summed E-state index contributed by atoms with van der Waals surface area (Å²) in [7, 11) is 3.49. The Morgan fingerprint density at radius 2 is 2.00 bits per heavy atom. The van der Waals surface area contributed by atoms with Crippen molar-refractivity contribution in [3.63, 3.8) is 0 Å². The van der Waals surface area contributed by atoms with Gasteiger partial charge >= 0.3 is 0 Å². The highest BCUT2D eigenvalue weighted by atomic mass is 16.5. The van der Waals surface area contributed by atoms with E-state index in [-0.39, 0.29) is 0 Å². The fraction of sp³-hybridized carbons (Fsp3) is 0.357. The number of pyridine rings is 1. The van der Waals surface area contributed by atoms with Gasteiger partial charge in [-0.1, -0.05) is 13.8 Å². The predicted octanol–water partition coefficient (Wildman–Crippen LogP) is 2.71. The number of nitrogens with zero attached hydrogens (tertiary/aromatic N) is 3. The lowest BCUT2D eigenvalue weighted by Crippen LogP contribution is -2.04. The zero-order valence-electron chi connectivity index (χ0n) is 11.6. The van der Waals surface area contributed by atoms with Crippen molar-refractivity contribution < 1.29 is 4.74 Å². The van der Waals surface area contributed by atoms with Crippen molar-refractivity contribution in [2.24, 2.45) is 0 Å². The maximum Gasteiger partial charge on any atom is 0.137 e. The second kappa shape index (κ2) is 5.65. The summed E-state index contributed by atoms with van der Waals surface area (Å²) in [5.41, 5.74) is 2.91. The van der Waals surface area contributed by atoms with Crippen LogP contribution in [0.25, 0.3) is 11.3 Å². The van der Waals surface area contributed by atoms with E-state index in [9.17, 15) is 0 Å². The van der Waals surface area contributed by atoms with Gasteiger partial charge < -0.3 is 10.1 Å². The molecule has 2 aromatic rings. The van der Waals surface area contributed by atoms with E-state index in [2.05, 4.69) is 34.1 Å². The van der Waals surface area contributed by atoms with Gasteiger partial charge in [0.1, 0.15) is 17.9 Å². The Morgan fingerprint density at radius 1 is 1.21 bits per heavy atom. The smallest absolute Gasteiger partial charge is 0.137 e. The first-order chi connectivity index (χ1) is 9.17. The van der Waals surface area contributed by atoms with Gasteiger partial charge in [-0.05, 0) is 12.0 Å². The quantitative estimate of drug-likeness (QED) is 0.913. The van der Waals surface area contributed by atoms with Crippen LogP contribution in [0.3, 0.4) is 0 Å². The number of aromatic nitrogens is 3. The fourth-order valence-electron chi connectivity index (χ4n) is 2.03. The number of methoxy groups -OCH3 is 1. The van der Waals surface area contributed by atoms with E-state index in [1.165, 1.54) is 0 Å². The van der Waals surface area contributed by atoms with E-state index >= 15 is 0 Å². The zero-order valence-corrected chi connectivity index (χ0v) is 11.6. The summed E-state index contributed by atoms with van der Waals surface area (Å²) in [6.07, 6.45) is 5.03. The van der Waals surface area contributed by atoms with Crippen LogP contribution >= 0.6 is 0 Å². The molecular formula is C14H18N4O. The Bertz CT molecular complexity index is 569. The Balaban J connectivity index is 2.60. The second-order valence-corrected chi connectivity index (χ2v) is 4.50. The van der Waals surface area contributed by atoms with Crippen LogP contribution in [0, 0.1) is 0 Å². The summed E-state index contributed by atoms with van der Waals surface area (Å²) in [4.78, 5) is 12.9. The average Bonchev–Trinajstić information content (AvgIpc) is 2.46. The van der Waals surface area contributed by atoms with Gasteiger partial charge in [0.25, 0.3) is 0 Å². The molecule has 0 aliphatic heterocycles. The van der Waals surface area contributed by atoms with Crippen LogP contribution in [0.4, 0.5) is 5.82 Å². The summed E-state index contributed by atoms with van der Waals surface area (Å²) in [5.74, 6) is 1.88. The summed E-state index contributed by atoms with van der Waals surface area (Å²) in [6, 6.07) is 1.93. The van der Waals surface area contributed by atoms with Crippen LogP contribution in [-0.4, -0.2) is 29.1 Å². The van der Waals surface area contributed by atoms with Crippen molar-refractivity contribution in [2.75, 3.05) is 19.5 Å². The minimum absolute atomic E-state index is 0.310. The summed E-state index contributed by atoms with van der Waals surface area (Å²) in [5, 5.41) is 3.11. The first kappa shape index (κ1) is 13.3. The lowest BCUT2D eigenvalue weighted by atomic mass is 9.98. The van der Waals surface area contributed by atoms with Crippen LogP contribution in [0.2, 0.25) is 0 Å². The Hall–Kier alpha value is -2.17. The molecule has 0 atom stereocenters. The third-order valence-corrected chi connectivity index (χ3v) is 2.92. The molecule has 2 heterocycles. The maximum atomic E-state index is 5.21. The molecule has 0 radical (unpaired) electrons. The van der Waals surface area contributed by atoms with Crippen LogP contribution in [0.1, 0.15) is 25.3 Å². The Labute approximate surface area is 113 Å². The number of hydrogen-bond donors (Lipinski definition) is 1. The molecule has 100 valence electrons. The minimum Gasteiger partial charge on any atom is -0.495 e. The first-order valence-electron chi connectivity index (χ1n) is 6.19. The van der Waals surface area contributed by atoms with Gasteiger partial charge in [0, 0.05) is 24.4 Å². The van der Waals surface area contributed by atoms with Gasteiger partial charge in [0.15, 0.2) is 0 Å². The highest BCUT2D eigenvalue weighted by Gasteiger charge is 2.16. The second-order valence-electron chi connectivity index (χ2n) is 4.50. The van der Waals surface area contributed by atoms with Crippen LogP contribution in [0.15, 0.2) is 24.8 Å². The lowest BCUT2D eigenvalue weighted by Gasteiger charge is -2.15. The van der Waals surface area contributed by atoms with Crippen molar-refractivity contribution in [1.82, 2.24) is 15.0 Å². The number of nitrogens with one attached hydrogen (secondary N) is 1. The summed E-state index contributed by atoms with van der Waals surface area (Å²) >= 11 is 0. The number of rotatable bonds is 4. The molecule has 0 fully saturated rings. The van der Waals surface area contributed by atoms with Gasteiger partial charge in [-0.2, -0.15) is 0 Å². The molecule has 0 aliphatic rings. The van der Waals surface area contributed by atoms with Gasteiger partial charge in [-0.15, -0.1) is 0 Å². The van der Waals surface area contributed by atoms with Crippen molar-refractivity contribution in [1.29, 1.82) is 0 Å². The molecule has 0 bridgehead atoms. The number of ether oxygens (including phenoxy) is 1. The topological polar surface area (TPSA) is 59.9 Å². The van der Waals surface area contributed by atoms with Crippen LogP contribution in [0.5, 0.6) is 5.75 Å². The molecule has 19 heavy (non-hydrogen) atoms. The average molecular weight is 258 g/mol. The molecule has 2 aromatic heterocycles. The fourth-order valence-corrected chi connectivity index (χ4v) is 2.03. The number of hydrogen-bond acceptors (Lipinski definition) is 5. The lowest BCUT2D eigenvalue weighted by molar-refractivity contribution is 0.413. The molecule has 0 unspecified atom stereocenters. The highest BCUT2D eigenvalue weighted by molar-refractivity contribution is 5.69. The van der Waals surface area contributed by atoms with Gasteiger partial charge in [-0.3, -0.25) is 4.98 Å². The molecule has 0 aliphatic carbocycles. The van der Waals surface area contributed by atoms with Crippen molar-refractivity contribution in [2.45, 2.75) is 19.8 Å². The minimum atomic E-state index is 0.310. The molecule has 2 rings (SSSR count). The van der Waals surface area contributed by atoms with Crippen molar-refractivity contribution in [3.05, 3.63) is 30.4 Å². The number of anilines is 1. The SMILES string of the molecule is CNc1ncnc(-c2cncc(OC)c2)c1C(C)C. The third kappa shape index (κ3) is 2.65. The zero-order chi connectivity index (χ0) is 13.8. The Morgan fingerprint density at radius 3 is 2.63 bits per heavy atom. The molecule has 0 aromatic carbocycles. The molecule has 0 spiro atoms. The molecule has 0 saturated carbocycles. The molecule has 0 amide bonds. The van der Waals surface area contributed by atoms with Gasteiger partial charge in [0.05, 0.1) is 19.0 Å². The largest absolute Gasteiger partial charge is 0.495 e. The highest BCUT2D eigenvalue weighted by Crippen LogP contribution is 2.32. The normalized spacial score (nSPS) is 10.6. The molecule has 0 saturated heterocycles. The standard InChI is InChI=1S/C14H18N4O/c1-9(2)12-13(17-8-18-14(12)15-3)10-5-11(19-4)7-16-6-10/h5-9H,1-4H3,(H,15,17,18). The van der Waals surface area contributed by atoms with Crippen LogP contribution < -0.4 is 10.1 Å². The maximum absolute atomic E-state index is 5.21. The third-order valence-electron chi connectivity index (χ3n) is 2.92. The Kier molecular flexibility index (Phi) is 3.94. The van der Waals surface area contributed by atoms with E-state index in [1.54, 1.807) is 25.8 Å². The van der Waals surface area contributed by atoms with E-state index in [0.29, 0.717) is 5.92 Å². The first-order valence-corrected chi connectivity index (χ1v) is 6.19. The van der Waals surface area contributed by atoms with E-state index < -0.39 is 0 Å². The van der Waals surface area contributed by atoms with Crippen molar-refractivity contribution >= 4 is 5.82 Å². The van der Waals surface area contributed by atoms with Gasteiger partial charge in [0.2, 0.25) is 0 Å². The predicted molar refractivity (Wildman–Crippen MR) is 75.5 cm³/mol. The molecular weight excluding hydrogens is 240 g/mol.